The molecule has 0 saturated heterocycles. The molecule has 3 nitrogen and oxygen atoms in total. The van der Waals surface area contributed by atoms with E-state index in [-0.39, 0.29) is 5.97 Å². The van der Waals surface area contributed by atoms with Gasteiger partial charge in [0.25, 0.3) is 0 Å². The van der Waals surface area contributed by atoms with Crippen LogP contribution in [0, 0.1) is 12.8 Å². The maximum atomic E-state index is 12.0. The summed E-state index contributed by atoms with van der Waals surface area (Å²) in [6.45, 7) is 2.47. The molecule has 1 saturated carbocycles. The minimum Gasteiger partial charge on any atom is -0.462 e. The van der Waals surface area contributed by atoms with Crippen molar-refractivity contribution >= 4 is 16.9 Å². The molecule has 92 valence electrons. The first-order valence-corrected chi connectivity index (χ1v) is 6.27. The first-order valence-electron chi connectivity index (χ1n) is 6.27. The number of pyridine rings is 1. The van der Waals surface area contributed by atoms with Crippen LogP contribution in [-0.2, 0) is 4.74 Å². The largest absolute Gasteiger partial charge is 0.462 e. The molecule has 3 rings (SSSR count). The van der Waals surface area contributed by atoms with Crippen LogP contribution in [0.3, 0.4) is 0 Å². The van der Waals surface area contributed by atoms with E-state index in [1.54, 1.807) is 6.07 Å². The Labute approximate surface area is 106 Å². The van der Waals surface area contributed by atoms with E-state index in [2.05, 4.69) is 4.98 Å². The van der Waals surface area contributed by atoms with Crippen LogP contribution in [0.1, 0.15) is 28.9 Å². The number of nitrogens with zero attached hydrogens (tertiary/aromatic N) is 1. The molecule has 0 unspecified atom stereocenters. The lowest BCUT2D eigenvalue weighted by atomic mass is 10.1. The molecule has 0 aliphatic heterocycles. The van der Waals surface area contributed by atoms with Gasteiger partial charge in [-0.1, -0.05) is 18.2 Å². The molecule has 1 aliphatic carbocycles. The highest BCUT2D eigenvalue weighted by Crippen LogP contribution is 2.29. The van der Waals surface area contributed by atoms with Crippen LogP contribution in [0.2, 0.25) is 0 Å². The summed E-state index contributed by atoms with van der Waals surface area (Å²) >= 11 is 0. The molecule has 0 N–H and O–H groups in total. The zero-order valence-electron chi connectivity index (χ0n) is 10.3. The summed E-state index contributed by atoms with van der Waals surface area (Å²) < 4.78 is 5.32. The standard InChI is InChI=1S/C15H15NO2/c1-10-5-8-12-3-2-4-13(14(12)16-10)15(17)18-9-11-6-7-11/h2-5,8,11H,6-7,9H2,1H3. The Morgan fingerprint density at radius 3 is 2.94 bits per heavy atom. The number of rotatable bonds is 3. The second-order valence-electron chi connectivity index (χ2n) is 4.87. The first-order chi connectivity index (χ1) is 8.74. The van der Waals surface area contributed by atoms with Crippen LogP contribution in [0.25, 0.3) is 10.9 Å². The molecule has 3 heteroatoms. The number of carbonyl (C=O) groups excluding carboxylic acids is 1. The van der Waals surface area contributed by atoms with Crippen LogP contribution in [0.4, 0.5) is 0 Å². The van der Waals surface area contributed by atoms with Gasteiger partial charge in [-0.25, -0.2) is 4.79 Å². The maximum Gasteiger partial charge on any atom is 0.340 e. The number of para-hydroxylation sites is 1. The van der Waals surface area contributed by atoms with Gasteiger partial charge in [0.05, 0.1) is 17.7 Å². The van der Waals surface area contributed by atoms with Crippen LogP contribution in [0.15, 0.2) is 30.3 Å². The van der Waals surface area contributed by atoms with Crippen molar-refractivity contribution in [2.45, 2.75) is 19.8 Å². The number of aromatic nitrogens is 1. The average molecular weight is 241 g/mol. The summed E-state index contributed by atoms with van der Waals surface area (Å²) in [6.07, 6.45) is 2.36. The van der Waals surface area contributed by atoms with E-state index >= 15 is 0 Å². The van der Waals surface area contributed by atoms with E-state index in [4.69, 9.17) is 4.74 Å². The van der Waals surface area contributed by atoms with Gasteiger partial charge in [-0.3, -0.25) is 4.98 Å². The predicted molar refractivity (Wildman–Crippen MR) is 69.5 cm³/mol. The van der Waals surface area contributed by atoms with Gasteiger partial charge in [0.1, 0.15) is 0 Å². The minimum absolute atomic E-state index is 0.259. The second kappa shape index (κ2) is 4.41. The molecule has 1 aromatic carbocycles. The van der Waals surface area contributed by atoms with Gasteiger partial charge >= 0.3 is 5.97 Å². The molecule has 1 heterocycles. The fourth-order valence-corrected chi connectivity index (χ4v) is 1.97. The van der Waals surface area contributed by atoms with Crippen molar-refractivity contribution in [2.75, 3.05) is 6.61 Å². The fraction of sp³-hybridized carbons (Fsp3) is 0.333. The maximum absolute atomic E-state index is 12.0. The Hall–Kier alpha value is -1.90. The smallest absolute Gasteiger partial charge is 0.340 e. The van der Waals surface area contributed by atoms with E-state index in [0.29, 0.717) is 18.1 Å². The van der Waals surface area contributed by atoms with Gasteiger partial charge in [-0.05, 0) is 37.8 Å². The SMILES string of the molecule is Cc1ccc2cccc(C(=O)OCC3CC3)c2n1. The molecule has 1 fully saturated rings. The molecule has 1 aliphatic rings. The van der Waals surface area contributed by atoms with Crippen molar-refractivity contribution in [3.8, 4) is 0 Å². The number of esters is 1. The van der Waals surface area contributed by atoms with Crippen molar-refractivity contribution in [3.05, 3.63) is 41.6 Å². The monoisotopic (exact) mass is 241 g/mol. The van der Waals surface area contributed by atoms with E-state index in [1.165, 1.54) is 12.8 Å². The van der Waals surface area contributed by atoms with Gasteiger partial charge < -0.3 is 4.74 Å². The van der Waals surface area contributed by atoms with Crippen LogP contribution < -0.4 is 0 Å². The summed E-state index contributed by atoms with van der Waals surface area (Å²) in [6, 6.07) is 9.54. The summed E-state index contributed by atoms with van der Waals surface area (Å²) in [4.78, 5) is 16.5. The number of aryl methyl sites for hydroxylation is 1. The van der Waals surface area contributed by atoms with E-state index in [1.807, 2.05) is 31.2 Å². The number of hydrogen-bond donors (Lipinski definition) is 0. The third-order valence-electron chi connectivity index (χ3n) is 3.23. The number of fused-ring (bicyclic) bond motifs is 1. The second-order valence-corrected chi connectivity index (χ2v) is 4.87. The lowest BCUT2D eigenvalue weighted by molar-refractivity contribution is 0.0488. The normalized spacial score (nSPS) is 14.7. The average Bonchev–Trinajstić information content (AvgIpc) is 3.19. The summed E-state index contributed by atoms with van der Waals surface area (Å²) in [5.74, 6) is 0.323. The highest BCUT2D eigenvalue weighted by Gasteiger charge is 2.23. The molecule has 0 bridgehead atoms. The molecule has 0 radical (unpaired) electrons. The Balaban J connectivity index is 1.93. The first kappa shape index (κ1) is 11.2. The minimum atomic E-state index is -0.259. The molecular weight excluding hydrogens is 226 g/mol. The van der Waals surface area contributed by atoms with Crippen molar-refractivity contribution in [2.24, 2.45) is 5.92 Å². The number of carbonyl (C=O) groups is 1. The molecule has 0 amide bonds. The Kier molecular flexibility index (Phi) is 2.74. The lowest BCUT2D eigenvalue weighted by Gasteiger charge is -2.07. The summed E-state index contributed by atoms with van der Waals surface area (Å²) in [5, 5.41) is 0.974. The molecule has 1 aromatic heterocycles. The van der Waals surface area contributed by atoms with Gasteiger partial charge in [-0.15, -0.1) is 0 Å². The Morgan fingerprint density at radius 2 is 2.17 bits per heavy atom. The number of ether oxygens (including phenoxy) is 1. The molecule has 0 atom stereocenters. The molecule has 0 spiro atoms. The van der Waals surface area contributed by atoms with Gasteiger partial charge in [0.2, 0.25) is 0 Å². The fourth-order valence-electron chi connectivity index (χ4n) is 1.97. The van der Waals surface area contributed by atoms with Crippen LogP contribution >= 0.6 is 0 Å². The van der Waals surface area contributed by atoms with Gasteiger partial charge in [0.15, 0.2) is 0 Å². The van der Waals surface area contributed by atoms with E-state index < -0.39 is 0 Å². The molecular formula is C15H15NO2. The number of hydrogen-bond acceptors (Lipinski definition) is 3. The number of benzene rings is 1. The quantitative estimate of drug-likeness (QED) is 0.775. The Morgan fingerprint density at radius 1 is 1.33 bits per heavy atom. The van der Waals surface area contributed by atoms with E-state index in [0.717, 1.165) is 16.6 Å². The van der Waals surface area contributed by atoms with Crippen molar-refractivity contribution in [1.29, 1.82) is 0 Å². The predicted octanol–water partition coefficient (Wildman–Crippen LogP) is 3.11. The van der Waals surface area contributed by atoms with Crippen molar-refractivity contribution in [1.82, 2.24) is 4.98 Å². The summed E-state index contributed by atoms with van der Waals surface area (Å²) in [5.41, 5.74) is 2.21. The van der Waals surface area contributed by atoms with Crippen molar-refractivity contribution in [3.63, 3.8) is 0 Å². The van der Waals surface area contributed by atoms with Crippen molar-refractivity contribution < 1.29 is 9.53 Å². The lowest BCUT2D eigenvalue weighted by Crippen LogP contribution is -2.08. The highest BCUT2D eigenvalue weighted by molar-refractivity contribution is 6.02. The van der Waals surface area contributed by atoms with E-state index in [9.17, 15) is 4.79 Å². The van der Waals surface area contributed by atoms with Crippen LogP contribution in [-0.4, -0.2) is 17.6 Å². The van der Waals surface area contributed by atoms with Gasteiger partial charge in [-0.2, -0.15) is 0 Å². The Bertz CT molecular complexity index is 602. The third kappa shape index (κ3) is 2.21. The van der Waals surface area contributed by atoms with Gasteiger partial charge in [0, 0.05) is 11.1 Å². The zero-order chi connectivity index (χ0) is 12.5. The molecule has 2 aromatic rings. The van der Waals surface area contributed by atoms with Crippen LogP contribution in [0.5, 0.6) is 0 Å². The zero-order valence-corrected chi connectivity index (χ0v) is 10.3. The third-order valence-corrected chi connectivity index (χ3v) is 3.23. The highest BCUT2D eigenvalue weighted by atomic mass is 16.5. The molecule has 18 heavy (non-hydrogen) atoms. The summed E-state index contributed by atoms with van der Waals surface area (Å²) in [7, 11) is 0. The topological polar surface area (TPSA) is 39.2 Å².